The molecule has 0 amide bonds. The summed E-state index contributed by atoms with van der Waals surface area (Å²) in [4.78, 5) is 19.6. The van der Waals surface area contributed by atoms with Gasteiger partial charge in [0.15, 0.2) is 11.5 Å². The highest BCUT2D eigenvalue weighted by Crippen LogP contribution is 2.43. The van der Waals surface area contributed by atoms with E-state index in [9.17, 15) is 4.79 Å². The molecule has 2 fully saturated rings. The first-order valence-corrected chi connectivity index (χ1v) is 12.6. The van der Waals surface area contributed by atoms with Crippen LogP contribution in [0.2, 0.25) is 0 Å². The fraction of sp³-hybridized carbons (Fsp3) is 0.444. The van der Waals surface area contributed by atoms with Gasteiger partial charge in [0, 0.05) is 38.0 Å². The molecule has 4 aromatic rings. The van der Waals surface area contributed by atoms with Crippen LogP contribution in [0.15, 0.2) is 47.7 Å². The summed E-state index contributed by atoms with van der Waals surface area (Å²) < 4.78 is 19.2. The van der Waals surface area contributed by atoms with Gasteiger partial charge in [-0.25, -0.2) is 4.39 Å². The van der Waals surface area contributed by atoms with Crippen LogP contribution in [0.4, 0.5) is 4.39 Å². The average molecular weight is 477 g/mol. The lowest BCUT2D eigenvalue weighted by atomic mass is 9.96. The van der Waals surface area contributed by atoms with E-state index >= 15 is 4.39 Å². The van der Waals surface area contributed by atoms with Crippen LogP contribution in [0.3, 0.4) is 0 Å². The van der Waals surface area contributed by atoms with E-state index < -0.39 is 5.67 Å². The van der Waals surface area contributed by atoms with Crippen molar-refractivity contribution in [3.63, 3.8) is 0 Å². The second kappa shape index (κ2) is 8.45. The third kappa shape index (κ3) is 3.99. The topological polar surface area (TPSA) is 71.7 Å². The van der Waals surface area contributed by atoms with Crippen molar-refractivity contribution in [1.29, 1.82) is 0 Å². The Kier molecular flexibility index (Phi) is 5.36. The summed E-state index contributed by atoms with van der Waals surface area (Å²) in [7, 11) is 1.73. The lowest BCUT2D eigenvalue weighted by Gasteiger charge is -2.25. The highest BCUT2D eigenvalue weighted by Gasteiger charge is 2.34. The zero-order chi connectivity index (χ0) is 24.2. The minimum Gasteiger partial charge on any atom is -0.353 e. The molecule has 1 saturated heterocycles. The normalized spacial score (nSPS) is 18.7. The molecule has 1 aliphatic carbocycles. The first-order chi connectivity index (χ1) is 16.9. The number of piperidine rings is 1. The van der Waals surface area contributed by atoms with Crippen LogP contribution in [0.1, 0.15) is 69.0 Å². The van der Waals surface area contributed by atoms with Gasteiger partial charge in [0.25, 0.3) is 5.56 Å². The Morgan fingerprint density at radius 3 is 2.71 bits per heavy atom. The molecule has 8 heteroatoms. The standard InChI is InChI=1S/C27H31FN6O.H2/c1-27(28,26-31-29-17-32(26)2)19-7-6-8-21(13-19)34-16-23(18-9-10-18)22-14-20(30-24(22)25(34)35)15-33-11-4-3-5-12-33;/h6-8,13-14,16-18,30H,3-5,9-12,15H2,1-2H3;1H. The van der Waals surface area contributed by atoms with Crippen LogP contribution in [-0.2, 0) is 19.3 Å². The van der Waals surface area contributed by atoms with E-state index in [-0.39, 0.29) is 12.8 Å². The molecule has 4 heterocycles. The number of likely N-dealkylation sites (tertiary alicyclic amines) is 1. The zero-order valence-electron chi connectivity index (χ0n) is 20.3. The van der Waals surface area contributed by atoms with Gasteiger partial charge in [-0.05, 0) is 80.9 Å². The van der Waals surface area contributed by atoms with Gasteiger partial charge in [0.05, 0.1) is 0 Å². The lowest BCUT2D eigenvalue weighted by molar-refractivity contribution is 0.219. The molecule has 0 radical (unpaired) electrons. The Hall–Kier alpha value is -3.26. The number of nitrogens with one attached hydrogen (secondary N) is 1. The summed E-state index contributed by atoms with van der Waals surface area (Å²) in [5, 5.41) is 8.85. The number of nitrogens with zero attached hydrogens (tertiary/aromatic N) is 5. The maximum atomic E-state index is 15.9. The number of rotatable bonds is 6. The van der Waals surface area contributed by atoms with Crippen molar-refractivity contribution in [2.24, 2.45) is 7.05 Å². The second-order valence-corrected chi connectivity index (χ2v) is 10.3. The smallest absolute Gasteiger partial charge is 0.279 e. The number of hydrogen-bond donors (Lipinski definition) is 1. The van der Waals surface area contributed by atoms with Crippen molar-refractivity contribution >= 4 is 10.9 Å². The third-order valence-electron chi connectivity index (χ3n) is 7.54. The number of alkyl halides is 1. The first kappa shape index (κ1) is 22.2. The van der Waals surface area contributed by atoms with Gasteiger partial charge in [-0.2, -0.15) is 0 Å². The van der Waals surface area contributed by atoms with E-state index in [2.05, 4.69) is 26.1 Å². The molecule has 1 aliphatic heterocycles. The van der Waals surface area contributed by atoms with E-state index in [1.165, 1.54) is 38.1 Å². The van der Waals surface area contributed by atoms with E-state index in [1.54, 1.807) is 34.4 Å². The number of hydrogen-bond acceptors (Lipinski definition) is 4. The number of aromatic nitrogens is 5. The Bertz CT molecular complexity index is 1440. The van der Waals surface area contributed by atoms with E-state index in [0.29, 0.717) is 22.7 Å². The van der Waals surface area contributed by atoms with Crippen molar-refractivity contribution < 1.29 is 5.82 Å². The zero-order valence-corrected chi connectivity index (χ0v) is 20.3. The number of pyridine rings is 1. The number of benzene rings is 1. The predicted molar refractivity (Wildman–Crippen MR) is 136 cm³/mol. The monoisotopic (exact) mass is 476 g/mol. The molecule has 1 N–H and O–H groups in total. The van der Waals surface area contributed by atoms with E-state index in [0.717, 1.165) is 43.6 Å². The largest absolute Gasteiger partial charge is 0.353 e. The van der Waals surface area contributed by atoms with Crippen molar-refractivity contribution in [3.8, 4) is 5.69 Å². The van der Waals surface area contributed by atoms with Crippen molar-refractivity contribution in [2.45, 2.75) is 57.2 Å². The van der Waals surface area contributed by atoms with Crippen molar-refractivity contribution in [2.75, 3.05) is 13.1 Å². The average Bonchev–Trinajstić information content (AvgIpc) is 3.46. The molecule has 3 aromatic heterocycles. The second-order valence-electron chi connectivity index (χ2n) is 10.3. The van der Waals surface area contributed by atoms with E-state index in [1.807, 2.05) is 12.3 Å². The van der Waals surface area contributed by atoms with Crippen LogP contribution in [0, 0.1) is 0 Å². The molecular weight excluding hydrogens is 443 g/mol. The molecule has 1 aromatic carbocycles. The number of aromatic amines is 1. The van der Waals surface area contributed by atoms with Gasteiger partial charge in [0.2, 0.25) is 0 Å². The lowest BCUT2D eigenvalue weighted by Crippen LogP contribution is -2.29. The molecule has 1 saturated carbocycles. The van der Waals surface area contributed by atoms with Gasteiger partial charge in [0.1, 0.15) is 11.8 Å². The van der Waals surface area contributed by atoms with Gasteiger partial charge >= 0.3 is 0 Å². The quantitative estimate of drug-likeness (QED) is 0.434. The SMILES string of the molecule is Cn1cnnc1C(C)(F)c1cccc(-n2cc(C3CC3)c3cc(CN4CCCCC4)[nH]c3c2=O)c1.[HH]. The molecule has 0 bridgehead atoms. The highest BCUT2D eigenvalue weighted by molar-refractivity contribution is 5.84. The molecule has 7 nitrogen and oxygen atoms in total. The summed E-state index contributed by atoms with van der Waals surface area (Å²) in [5.41, 5.74) is 2.06. The first-order valence-electron chi connectivity index (χ1n) is 12.6. The summed E-state index contributed by atoms with van der Waals surface area (Å²) >= 11 is 0. The molecule has 6 rings (SSSR count). The van der Waals surface area contributed by atoms with Gasteiger partial charge in [-0.3, -0.25) is 14.3 Å². The van der Waals surface area contributed by atoms with Crippen LogP contribution in [0.5, 0.6) is 0 Å². The Labute approximate surface area is 205 Å². The summed E-state index contributed by atoms with van der Waals surface area (Å²) in [6, 6.07) is 9.30. The summed E-state index contributed by atoms with van der Waals surface area (Å²) in [5.74, 6) is 0.694. The Morgan fingerprint density at radius 2 is 2.00 bits per heavy atom. The van der Waals surface area contributed by atoms with E-state index in [4.69, 9.17) is 0 Å². The molecule has 0 spiro atoms. The molecule has 2 aliphatic rings. The predicted octanol–water partition coefficient (Wildman–Crippen LogP) is 4.79. The van der Waals surface area contributed by atoms with Crippen LogP contribution < -0.4 is 5.56 Å². The minimum absolute atomic E-state index is 0. The van der Waals surface area contributed by atoms with Gasteiger partial charge in [-0.15, -0.1) is 10.2 Å². The number of aryl methyl sites for hydroxylation is 1. The van der Waals surface area contributed by atoms with Crippen molar-refractivity contribution in [3.05, 3.63) is 75.9 Å². The third-order valence-corrected chi connectivity index (χ3v) is 7.54. The van der Waals surface area contributed by atoms with Crippen LogP contribution >= 0.6 is 0 Å². The van der Waals surface area contributed by atoms with Crippen molar-refractivity contribution in [1.82, 2.24) is 29.2 Å². The van der Waals surface area contributed by atoms with Crippen LogP contribution in [0.25, 0.3) is 16.6 Å². The highest BCUT2D eigenvalue weighted by atomic mass is 19.1. The van der Waals surface area contributed by atoms with Gasteiger partial charge < -0.3 is 9.55 Å². The molecule has 1 atom stereocenters. The van der Waals surface area contributed by atoms with Gasteiger partial charge in [-0.1, -0.05) is 18.6 Å². The molecular formula is C27H33FN6O. The summed E-state index contributed by atoms with van der Waals surface area (Å²) in [6.07, 6.45) is 9.50. The summed E-state index contributed by atoms with van der Waals surface area (Å²) in [6.45, 7) is 4.53. The molecule has 35 heavy (non-hydrogen) atoms. The molecule has 184 valence electrons. The molecule has 1 unspecified atom stereocenters. The Balaban J connectivity index is 0.00000267. The fourth-order valence-electron chi connectivity index (χ4n) is 5.43. The maximum Gasteiger partial charge on any atom is 0.279 e. The minimum atomic E-state index is -1.84. The Morgan fingerprint density at radius 1 is 1.20 bits per heavy atom. The maximum absolute atomic E-state index is 15.9. The number of fused-ring (bicyclic) bond motifs is 1. The number of halogens is 1. The van der Waals surface area contributed by atoms with Crippen LogP contribution in [-0.4, -0.2) is 42.3 Å². The number of H-pyrrole nitrogens is 1. The fourth-order valence-corrected chi connectivity index (χ4v) is 5.43.